The highest BCUT2D eigenvalue weighted by molar-refractivity contribution is 5.96. The molecule has 1 aromatic carbocycles. The zero-order valence-corrected chi connectivity index (χ0v) is 10.1. The molecule has 0 spiro atoms. The largest absolute Gasteiger partial charge is 0.497 e. The second-order valence-electron chi connectivity index (χ2n) is 3.60. The molecule has 0 aliphatic heterocycles. The van der Waals surface area contributed by atoms with E-state index in [1.807, 2.05) is 0 Å². The van der Waals surface area contributed by atoms with Gasteiger partial charge in [0.1, 0.15) is 12.3 Å². The predicted molar refractivity (Wildman–Crippen MR) is 66.7 cm³/mol. The predicted octanol–water partition coefficient (Wildman–Crippen LogP) is 1.41. The van der Waals surface area contributed by atoms with Gasteiger partial charge in [-0.3, -0.25) is 9.59 Å². The van der Waals surface area contributed by atoms with Gasteiger partial charge in [0.15, 0.2) is 0 Å². The Balaban J connectivity index is 2.93. The molecule has 0 atom stereocenters. The minimum atomic E-state index is -1.06. The maximum atomic E-state index is 12.1. The first-order valence-corrected chi connectivity index (χ1v) is 5.34. The summed E-state index contributed by atoms with van der Waals surface area (Å²) < 4.78 is 5.02. The first kappa shape index (κ1) is 13.8. The van der Waals surface area contributed by atoms with Gasteiger partial charge in [-0.2, -0.15) is 0 Å². The Bertz CT molecular complexity index is 456. The molecular weight excluding hydrogens is 234 g/mol. The Morgan fingerprint density at radius 3 is 2.78 bits per heavy atom. The summed E-state index contributed by atoms with van der Waals surface area (Å²) in [5, 5.41) is 8.75. The summed E-state index contributed by atoms with van der Waals surface area (Å²) in [6, 6.07) is 6.58. The number of nitrogens with zero attached hydrogens (tertiary/aromatic N) is 1. The van der Waals surface area contributed by atoms with Crippen LogP contribution in [0.25, 0.3) is 0 Å². The number of hydrogen-bond donors (Lipinski definition) is 1. The number of hydrogen-bond acceptors (Lipinski definition) is 3. The number of carbonyl (C=O) groups excluding carboxylic acids is 1. The molecule has 0 saturated carbocycles. The van der Waals surface area contributed by atoms with E-state index in [0.29, 0.717) is 11.3 Å². The highest BCUT2D eigenvalue weighted by Gasteiger charge is 2.17. The van der Waals surface area contributed by atoms with Gasteiger partial charge in [0.05, 0.1) is 7.11 Å². The molecule has 0 radical (unpaired) electrons. The lowest BCUT2D eigenvalue weighted by atomic mass is 10.2. The van der Waals surface area contributed by atoms with Crippen molar-refractivity contribution in [3.63, 3.8) is 0 Å². The van der Waals surface area contributed by atoms with Crippen molar-refractivity contribution in [2.45, 2.75) is 0 Å². The van der Waals surface area contributed by atoms with E-state index in [9.17, 15) is 9.59 Å². The van der Waals surface area contributed by atoms with Crippen molar-refractivity contribution < 1.29 is 19.4 Å². The molecule has 5 heteroatoms. The summed E-state index contributed by atoms with van der Waals surface area (Å²) in [5.74, 6) is -0.876. The van der Waals surface area contributed by atoms with Crippen LogP contribution in [0.4, 0.5) is 0 Å². The van der Waals surface area contributed by atoms with Gasteiger partial charge in [0, 0.05) is 12.1 Å². The summed E-state index contributed by atoms with van der Waals surface area (Å²) in [5.41, 5.74) is 0.387. The fourth-order valence-electron chi connectivity index (χ4n) is 1.48. The highest BCUT2D eigenvalue weighted by atomic mass is 16.5. The van der Waals surface area contributed by atoms with Gasteiger partial charge in [-0.05, 0) is 18.2 Å². The van der Waals surface area contributed by atoms with Crippen LogP contribution in [0.2, 0.25) is 0 Å². The number of carboxylic acids is 1. The van der Waals surface area contributed by atoms with Gasteiger partial charge in [0.25, 0.3) is 5.91 Å². The molecule has 1 aromatic rings. The molecule has 5 nitrogen and oxygen atoms in total. The molecule has 0 saturated heterocycles. The standard InChI is InChI=1S/C13H15NO4/c1-3-7-14(9-12(15)16)13(17)10-5-4-6-11(8-10)18-2/h3-6,8H,1,7,9H2,2H3,(H,15,16). The number of aliphatic carboxylic acids is 1. The maximum absolute atomic E-state index is 12.1. The highest BCUT2D eigenvalue weighted by Crippen LogP contribution is 2.14. The van der Waals surface area contributed by atoms with Gasteiger partial charge in [-0.15, -0.1) is 6.58 Å². The number of amides is 1. The van der Waals surface area contributed by atoms with E-state index in [-0.39, 0.29) is 19.0 Å². The van der Waals surface area contributed by atoms with Crippen LogP contribution in [0, 0.1) is 0 Å². The van der Waals surface area contributed by atoms with Gasteiger partial charge in [-0.1, -0.05) is 12.1 Å². The Hall–Kier alpha value is -2.30. The number of methoxy groups -OCH3 is 1. The van der Waals surface area contributed by atoms with Crippen molar-refractivity contribution in [2.75, 3.05) is 20.2 Å². The van der Waals surface area contributed by atoms with Crippen molar-refractivity contribution in [1.29, 1.82) is 0 Å². The Morgan fingerprint density at radius 2 is 2.22 bits per heavy atom. The average Bonchev–Trinajstić information content (AvgIpc) is 2.37. The maximum Gasteiger partial charge on any atom is 0.323 e. The molecule has 18 heavy (non-hydrogen) atoms. The molecule has 1 N–H and O–H groups in total. The summed E-state index contributed by atoms with van der Waals surface area (Å²) in [7, 11) is 1.50. The minimum Gasteiger partial charge on any atom is -0.497 e. The van der Waals surface area contributed by atoms with E-state index in [1.54, 1.807) is 24.3 Å². The van der Waals surface area contributed by atoms with E-state index in [2.05, 4.69) is 6.58 Å². The third-order valence-electron chi connectivity index (χ3n) is 2.28. The molecule has 96 valence electrons. The molecule has 0 bridgehead atoms. The van der Waals surface area contributed by atoms with Crippen LogP contribution in [-0.4, -0.2) is 42.1 Å². The quantitative estimate of drug-likeness (QED) is 0.774. The molecule has 1 rings (SSSR count). The van der Waals surface area contributed by atoms with E-state index in [0.717, 1.165) is 0 Å². The molecule has 0 aromatic heterocycles. The lowest BCUT2D eigenvalue weighted by molar-refractivity contribution is -0.137. The van der Waals surface area contributed by atoms with Crippen LogP contribution >= 0.6 is 0 Å². The Labute approximate surface area is 105 Å². The first-order chi connectivity index (χ1) is 8.58. The molecular formula is C13H15NO4. The molecule has 1 amide bonds. The monoisotopic (exact) mass is 249 g/mol. The van der Waals surface area contributed by atoms with E-state index >= 15 is 0 Å². The number of ether oxygens (including phenoxy) is 1. The number of carboxylic acid groups (broad SMARTS) is 1. The summed E-state index contributed by atoms with van der Waals surface area (Å²) in [4.78, 5) is 24.0. The van der Waals surface area contributed by atoms with Crippen LogP contribution in [0.1, 0.15) is 10.4 Å². The zero-order chi connectivity index (χ0) is 13.5. The number of benzene rings is 1. The van der Waals surface area contributed by atoms with Gasteiger partial charge in [0.2, 0.25) is 0 Å². The van der Waals surface area contributed by atoms with Gasteiger partial charge >= 0.3 is 5.97 Å². The van der Waals surface area contributed by atoms with Crippen LogP contribution in [0.15, 0.2) is 36.9 Å². The molecule has 0 unspecified atom stereocenters. The Kier molecular flexibility index (Phi) is 4.92. The van der Waals surface area contributed by atoms with Crippen molar-refractivity contribution >= 4 is 11.9 Å². The smallest absolute Gasteiger partial charge is 0.323 e. The first-order valence-electron chi connectivity index (χ1n) is 5.34. The van der Waals surface area contributed by atoms with E-state index in [4.69, 9.17) is 9.84 Å². The fraction of sp³-hybridized carbons (Fsp3) is 0.231. The minimum absolute atomic E-state index is 0.183. The summed E-state index contributed by atoms with van der Waals surface area (Å²) in [6.45, 7) is 3.33. The van der Waals surface area contributed by atoms with Crippen molar-refractivity contribution in [3.8, 4) is 5.75 Å². The Morgan fingerprint density at radius 1 is 1.50 bits per heavy atom. The second-order valence-corrected chi connectivity index (χ2v) is 3.60. The average molecular weight is 249 g/mol. The van der Waals surface area contributed by atoms with Crippen molar-refractivity contribution in [3.05, 3.63) is 42.5 Å². The third-order valence-corrected chi connectivity index (χ3v) is 2.28. The van der Waals surface area contributed by atoms with Crippen molar-refractivity contribution in [1.82, 2.24) is 4.90 Å². The SMILES string of the molecule is C=CCN(CC(=O)O)C(=O)c1cccc(OC)c1. The molecule has 0 aliphatic rings. The topological polar surface area (TPSA) is 66.8 Å². The molecule has 0 fully saturated rings. The normalized spacial score (nSPS) is 9.61. The molecule has 0 aliphatic carbocycles. The van der Waals surface area contributed by atoms with Crippen molar-refractivity contribution in [2.24, 2.45) is 0 Å². The summed E-state index contributed by atoms with van der Waals surface area (Å²) in [6.07, 6.45) is 1.49. The van der Waals surface area contributed by atoms with Crippen LogP contribution < -0.4 is 4.74 Å². The lowest BCUT2D eigenvalue weighted by Crippen LogP contribution is -2.35. The van der Waals surface area contributed by atoms with Gasteiger partial charge in [-0.25, -0.2) is 0 Å². The van der Waals surface area contributed by atoms with Crippen LogP contribution in [-0.2, 0) is 4.79 Å². The second kappa shape index (κ2) is 6.44. The number of carbonyl (C=O) groups is 2. The lowest BCUT2D eigenvalue weighted by Gasteiger charge is -2.19. The summed E-state index contributed by atoms with van der Waals surface area (Å²) >= 11 is 0. The fourth-order valence-corrected chi connectivity index (χ4v) is 1.48. The van der Waals surface area contributed by atoms with E-state index < -0.39 is 5.97 Å². The number of rotatable bonds is 6. The van der Waals surface area contributed by atoms with E-state index in [1.165, 1.54) is 18.1 Å². The van der Waals surface area contributed by atoms with Gasteiger partial charge < -0.3 is 14.7 Å². The molecule has 0 heterocycles. The van der Waals surface area contributed by atoms with Crippen LogP contribution in [0.5, 0.6) is 5.75 Å². The zero-order valence-electron chi connectivity index (χ0n) is 10.1. The third kappa shape index (κ3) is 3.62. The van der Waals surface area contributed by atoms with Crippen LogP contribution in [0.3, 0.4) is 0 Å².